The van der Waals surface area contributed by atoms with Crippen molar-refractivity contribution in [1.82, 2.24) is 0 Å². The van der Waals surface area contributed by atoms with E-state index in [1.54, 1.807) is 0 Å². The minimum absolute atomic E-state index is 0.0452. The van der Waals surface area contributed by atoms with E-state index in [1.807, 2.05) is 6.92 Å². The van der Waals surface area contributed by atoms with Gasteiger partial charge >= 0.3 is 0 Å². The molecule has 0 bridgehead atoms. The van der Waals surface area contributed by atoms with E-state index >= 15 is 0 Å². The topological polar surface area (TPSA) is 60.7 Å². The van der Waals surface area contributed by atoms with Crippen LogP contribution in [0.3, 0.4) is 0 Å². The quantitative estimate of drug-likeness (QED) is 0.468. The highest BCUT2D eigenvalue weighted by Crippen LogP contribution is 2.68. The summed E-state index contributed by atoms with van der Waals surface area (Å²) in [7, 11) is 0. The van der Waals surface area contributed by atoms with Crippen molar-refractivity contribution in [2.45, 2.75) is 77.1 Å². The number of hydrogen-bond donors (Lipinski definition) is 3. The van der Waals surface area contributed by atoms with Crippen LogP contribution >= 0.6 is 0 Å². The van der Waals surface area contributed by atoms with E-state index < -0.39 is 17.1 Å². The first-order valence-corrected chi connectivity index (χ1v) is 9.95. The zero-order valence-corrected chi connectivity index (χ0v) is 15.7. The first kappa shape index (κ1) is 17.6. The van der Waals surface area contributed by atoms with Gasteiger partial charge in [-0.2, -0.15) is 0 Å². The zero-order valence-electron chi connectivity index (χ0n) is 15.7. The van der Waals surface area contributed by atoms with Gasteiger partial charge < -0.3 is 15.3 Å². The van der Waals surface area contributed by atoms with Crippen LogP contribution in [-0.2, 0) is 0 Å². The van der Waals surface area contributed by atoms with E-state index in [2.05, 4.69) is 25.8 Å². The van der Waals surface area contributed by atoms with Gasteiger partial charge in [0.25, 0.3) is 0 Å². The Labute approximate surface area is 151 Å². The molecule has 3 saturated carbocycles. The summed E-state index contributed by atoms with van der Waals surface area (Å²) in [5, 5.41) is 32.4. The van der Waals surface area contributed by atoms with Crippen LogP contribution in [0.25, 0.3) is 0 Å². The van der Waals surface area contributed by atoms with E-state index in [4.69, 9.17) is 6.42 Å². The van der Waals surface area contributed by atoms with Gasteiger partial charge in [0.15, 0.2) is 0 Å². The Morgan fingerprint density at radius 2 is 1.92 bits per heavy atom. The molecule has 138 valence electrons. The Hall–Kier alpha value is -0.820. The summed E-state index contributed by atoms with van der Waals surface area (Å²) >= 11 is 0. The lowest BCUT2D eigenvalue weighted by Gasteiger charge is -2.58. The summed E-state index contributed by atoms with van der Waals surface area (Å²) in [6, 6.07) is 0. The minimum atomic E-state index is -1.23. The second kappa shape index (κ2) is 5.35. The third-order valence-corrected chi connectivity index (χ3v) is 8.96. The molecular formula is C22H32O3. The van der Waals surface area contributed by atoms with E-state index in [1.165, 1.54) is 5.57 Å². The second-order valence-corrected chi connectivity index (χ2v) is 9.72. The Balaban J connectivity index is 1.76. The molecule has 4 aliphatic carbocycles. The predicted molar refractivity (Wildman–Crippen MR) is 97.4 cm³/mol. The molecule has 0 spiro atoms. The molecule has 0 amide bonds. The maximum atomic E-state index is 11.3. The summed E-state index contributed by atoms with van der Waals surface area (Å²) in [6.07, 6.45) is 12.9. The Kier molecular flexibility index (Phi) is 3.76. The summed E-state index contributed by atoms with van der Waals surface area (Å²) in [5.74, 6) is 3.30. The number of terminal acetylenes is 1. The van der Waals surface area contributed by atoms with E-state index in [-0.39, 0.29) is 23.4 Å². The molecule has 0 aliphatic heterocycles. The Morgan fingerprint density at radius 3 is 2.60 bits per heavy atom. The smallest absolute Gasteiger partial charge is 0.135 e. The fraction of sp³-hybridized carbons (Fsp3) is 0.818. The van der Waals surface area contributed by atoms with Crippen LogP contribution in [-0.4, -0.2) is 33.1 Å². The Morgan fingerprint density at radius 1 is 1.20 bits per heavy atom. The van der Waals surface area contributed by atoms with Gasteiger partial charge in [0.2, 0.25) is 0 Å². The largest absolute Gasteiger partial charge is 0.393 e. The lowest BCUT2D eigenvalue weighted by atomic mass is 9.47. The molecule has 3 nitrogen and oxygen atoms in total. The average Bonchev–Trinajstić information content (AvgIpc) is 2.74. The van der Waals surface area contributed by atoms with Crippen LogP contribution in [0.15, 0.2) is 11.6 Å². The van der Waals surface area contributed by atoms with Crippen molar-refractivity contribution in [3.8, 4) is 12.3 Å². The second-order valence-electron chi connectivity index (χ2n) is 9.72. The van der Waals surface area contributed by atoms with Gasteiger partial charge in [-0.05, 0) is 61.7 Å². The van der Waals surface area contributed by atoms with Crippen LogP contribution in [0, 0.1) is 46.8 Å². The van der Waals surface area contributed by atoms with Crippen molar-refractivity contribution >= 4 is 0 Å². The molecule has 4 unspecified atom stereocenters. The highest BCUT2D eigenvalue weighted by Gasteiger charge is 2.69. The normalized spacial score (nSPS) is 57.7. The van der Waals surface area contributed by atoms with Crippen molar-refractivity contribution in [2.75, 3.05) is 0 Å². The van der Waals surface area contributed by atoms with Crippen molar-refractivity contribution in [1.29, 1.82) is 0 Å². The molecule has 0 aromatic carbocycles. The molecule has 9 atom stereocenters. The van der Waals surface area contributed by atoms with Crippen LogP contribution in [0.1, 0.15) is 59.3 Å². The summed E-state index contributed by atoms with van der Waals surface area (Å²) < 4.78 is 0. The fourth-order valence-electron chi connectivity index (χ4n) is 7.34. The fourth-order valence-corrected chi connectivity index (χ4v) is 7.34. The average molecular weight is 344 g/mol. The predicted octanol–water partition coefficient (Wildman–Crippen LogP) is 2.89. The van der Waals surface area contributed by atoms with Gasteiger partial charge in [0, 0.05) is 11.3 Å². The molecule has 4 aliphatic rings. The van der Waals surface area contributed by atoms with Crippen molar-refractivity contribution < 1.29 is 15.3 Å². The molecule has 0 aromatic rings. The maximum absolute atomic E-state index is 11.3. The SMILES string of the molecule is C#C[C@]1(O)[C@@H](C)C(O)C2C3CC=C4C[C@H](O)CC[C@]4(C)C3CC[C@@]21C. The summed E-state index contributed by atoms with van der Waals surface area (Å²) in [4.78, 5) is 0. The van der Waals surface area contributed by atoms with Crippen molar-refractivity contribution in [2.24, 2.45) is 34.5 Å². The van der Waals surface area contributed by atoms with Crippen molar-refractivity contribution in [3.63, 3.8) is 0 Å². The third kappa shape index (κ3) is 2.00. The molecule has 0 saturated heterocycles. The molecule has 4 rings (SSSR count). The number of fused-ring (bicyclic) bond motifs is 5. The van der Waals surface area contributed by atoms with Crippen LogP contribution < -0.4 is 0 Å². The number of aliphatic hydroxyl groups is 3. The van der Waals surface area contributed by atoms with E-state index in [0.717, 1.165) is 38.5 Å². The molecule has 3 N–H and O–H groups in total. The molecular weight excluding hydrogens is 312 g/mol. The minimum Gasteiger partial charge on any atom is -0.393 e. The first-order valence-electron chi connectivity index (χ1n) is 9.95. The van der Waals surface area contributed by atoms with Gasteiger partial charge in [-0.15, -0.1) is 6.42 Å². The maximum Gasteiger partial charge on any atom is 0.135 e. The monoisotopic (exact) mass is 344 g/mol. The molecule has 0 heterocycles. The zero-order chi connectivity index (χ0) is 18.2. The van der Waals surface area contributed by atoms with Crippen molar-refractivity contribution in [3.05, 3.63) is 11.6 Å². The Bertz CT molecular complexity index is 648. The molecule has 0 radical (unpaired) electrons. The molecule has 3 heteroatoms. The highest BCUT2D eigenvalue weighted by atomic mass is 16.3. The molecule has 25 heavy (non-hydrogen) atoms. The van der Waals surface area contributed by atoms with E-state index in [9.17, 15) is 15.3 Å². The first-order chi connectivity index (χ1) is 11.7. The van der Waals surface area contributed by atoms with Crippen LogP contribution in [0.5, 0.6) is 0 Å². The summed E-state index contributed by atoms with van der Waals surface area (Å²) in [6.45, 7) is 6.38. The van der Waals surface area contributed by atoms with Gasteiger partial charge in [0.1, 0.15) is 5.60 Å². The molecule has 0 aromatic heterocycles. The number of allylic oxidation sites excluding steroid dienone is 1. The standard InChI is InChI=1S/C22H32O3/c1-5-22(25)13(2)19(24)18-16-7-6-14-12-15(23)8-10-20(14,3)17(16)9-11-21(18,22)4/h1,6,13,15-19,23-25H,7-12H2,2-4H3/t13-,15+,16?,17?,18?,19?,20-,21-,22-/m0/s1. The highest BCUT2D eigenvalue weighted by molar-refractivity contribution is 5.31. The van der Waals surface area contributed by atoms with Gasteiger partial charge in [-0.25, -0.2) is 0 Å². The van der Waals surface area contributed by atoms with Crippen LogP contribution in [0.2, 0.25) is 0 Å². The van der Waals surface area contributed by atoms with Gasteiger partial charge in [0.05, 0.1) is 12.2 Å². The number of rotatable bonds is 0. The van der Waals surface area contributed by atoms with Gasteiger partial charge in [-0.3, -0.25) is 0 Å². The third-order valence-electron chi connectivity index (χ3n) is 8.96. The van der Waals surface area contributed by atoms with Gasteiger partial charge in [-0.1, -0.05) is 38.3 Å². The summed E-state index contributed by atoms with van der Waals surface area (Å²) in [5.41, 5.74) is -0.0970. The number of hydrogen-bond acceptors (Lipinski definition) is 3. The van der Waals surface area contributed by atoms with Crippen LogP contribution in [0.4, 0.5) is 0 Å². The lowest BCUT2D eigenvalue weighted by Crippen LogP contribution is -2.55. The van der Waals surface area contributed by atoms with E-state index in [0.29, 0.717) is 11.8 Å². The number of aliphatic hydroxyl groups excluding tert-OH is 2. The molecule has 3 fully saturated rings. The lowest BCUT2D eigenvalue weighted by molar-refractivity contribution is -0.111.